The zero-order valence-electron chi connectivity index (χ0n) is 34.2. The molecule has 0 spiro atoms. The van der Waals surface area contributed by atoms with Crippen molar-refractivity contribution in [1.29, 1.82) is 0 Å². The summed E-state index contributed by atoms with van der Waals surface area (Å²) in [4.78, 5) is 27.6. The molecule has 0 amide bonds. The Bertz CT molecular complexity index is 2130. The number of ether oxygens (including phenoxy) is 3. The standard InChI is InChI=1S/C48H56ClN2O5/c1-9-50-40-25-22-35(45(53)56-46(2,3)4)32-38(40)48(7,8)41(50)26-23-33-16-15-17-34(44(33)49)24-27-42-47(5,6)37-20-13-14-21-39(37)51(42)29-31-54-30-28-43(52)55-36-18-11-10-12-19-36/h10-14,18-26,32,34H,9,15-17,28-31H2,1-8H3/q+1/b26-23+. The van der Waals surface area contributed by atoms with Crippen molar-refractivity contribution in [2.45, 2.75) is 97.5 Å². The summed E-state index contributed by atoms with van der Waals surface area (Å²) in [6.07, 6.45) is 9.64. The Hall–Kier alpha value is -4.68. The van der Waals surface area contributed by atoms with Gasteiger partial charge in [0.1, 0.15) is 17.9 Å². The van der Waals surface area contributed by atoms with E-state index >= 15 is 0 Å². The number of hydrogen-bond donors (Lipinski definition) is 0. The van der Waals surface area contributed by atoms with E-state index in [4.69, 9.17) is 25.8 Å². The average Bonchev–Trinajstić information content (AvgIpc) is 3.51. The summed E-state index contributed by atoms with van der Waals surface area (Å²) in [6, 6.07) is 23.5. The van der Waals surface area contributed by atoms with Gasteiger partial charge in [0.15, 0.2) is 5.71 Å². The molecule has 6 rings (SSSR count). The van der Waals surface area contributed by atoms with Gasteiger partial charge in [-0.15, -0.1) is 5.73 Å². The van der Waals surface area contributed by atoms with Gasteiger partial charge in [0.25, 0.3) is 0 Å². The predicted octanol–water partition coefficient (Wildman–Crippen LogP) is 10.7. The van der Waals surface area contributed by atoms with Gasteiger partial charge in [0.2, 0.25) is 5.69 Å². The monoisotopic (exact) mass is 775 g/mol. The maximum Gasteiger partial charge on any atom is 0.338 e. The van der Waals surface area contributed by atoms with Crippen molar-refractivity contribution in [2.24, 2.45) is 5.92 Å². The number of nitrogens with zero attached hydrogens (tertiary/aromatic N) is 2. The predicted molar refractivity (Wildman–Crippen MR) is 225 cm³/mol. The van der Waals surface area contributed by atoms with Crippen LogP contribution in [-0.4, -0.2) is 54.1 Å². The molecule has 1 unspecified atom stereocenters. The molecule has 0 radical (unpaired) electrons. The molecule has 2 aliphatic heterocycles. The molecule has 0 N–H and O–H groups in total. The van der Waals surface area contributed by atoms with E-state index in [2.05, 4.69) is 92.3 Å². The van der Waals surface area contributed by atoms with E-state index in [0.717, 1.165) is 59.0 Å². The Morgan fingerprint density at radius 1 is 0.946 bits per heavy atom. The molecule has 1 aliphatic carbocycles. The van der Waals surface area contributed by atoms with Gasteiger partial charge in [-0.2, -0.15) is 4.58 Å². The first kappa shape index (κ1) is 41.0. The number of halogens is 1. The molecule has 56 heavy (non-hydrogen) atoms. The van der Waals surface area contributed by atoms with E-state index < -0.39 is 5.60 Å². The highest BCUT2D eigenvalue weighted by molar-refractivity contribution is 6.30. The summed E-state index contributed by atoms with van der Waals surface area (Å²) in [5.41, 5.74) is 11.1. The zero-order chi connectivity index (χ0) is 40.3. The van der Waals surface area contributed by atoms with Gasteiger partial charge >= 0.3 is 11.9 Å². The second-order valence-corrected chi connectivity index (χ2v) is 17.2. The SMILES string of the molecule is CC[N+]1=C(/C=C/C2=C(Cl)C(C=C=C3N(CCOCCC(=O)Oc4ccccc4)c4ccccc4C3(C)C)CCC2)C(C)(C)c2cc(C(=O)OC(C)(C)C)ccc21. The summed E-state index contributed by atoms with van der Waals surface area (Å²) in [6.45, 7) is 18.9. The number of fused-ring (bicyclic) bond motifs is 2. The average molecular weight is 776 g/mol. The Morgan fingerprint density at radius 3 is 2.41 bits per heavy atom. The van der Waals surface area contributed by atoms with Crippen LogP contribution in [0.5, 0.6) is 5.75 Å². The van der Waals surface area contributed by atoms with E-state index in [1.807, 2.05) is 57.2 Å². The first-order valence-corrected chi connectivity index (χ1v) is 20.3. The minimum atomic E-state index is -0.562. The van der Waals surface area contributed by atoms with Crippen LogP contribution in [0.2, 0.25) is 0 Å². The zero-order valence-corrected chi connectivity index (χ0v) is 35.0. The van der Waals surface area contributed by atoms with E-state index in [-0.39, 0.29) is 41.7 Å². The first-order valence-electron chi connectivity index (χ1n) is 19.9. The molecule has 3 aromatic carbocycles. The maximum atomic E-state index is 13.0. The van der Waals surface area contributed by atoms with E-state index in [0.29, 0.717) is 24.5 Å². The molecule has 8 heteroatoms. The topological polar surface area (TPSA) is 68.1 Å². The van der Waals surface area contributed by atoms with Gasteiger partial charge in [-0.05, 0) is 122 Å². The largest absolute Gasteiger partial charge is 0.456 e. The van der Waals surface area contributed by atoms with Gasteiger partial charge in [-0.1, -0.05) is 54.1 Å². The van der Waals surface area contributed by atoms with E-state index in [1.165, 1.54) is 11.3 Å². The Balaban J connectivity index is 1.19. The fraction of sp³-hybridized carbons (Fsp3) is 0.417. The summed E-state index contributed by atoms with van der Waals surface area (Å²) in [5, 5.41) is 0.857. The maximum absolute atomic E-state index is 13.0. The molecule has 1 atom stereocenters. The number of para-hydroxylation sites is 2. The van der Waals surface area contributed by atoms with Gasteiger partial charge in [0.05, 0.1) is 36.3 Å². The number of carbonyl (C=O) groups excluding carboxylic acids is 2. The quantitative estimate of drug-likeness (QED) is 0.0600. The Kier molecular flexibility index (Phi) is 12.3. The number of anilines is 1. The number of rotatable bonds is 12. The lowest BCUT2D eigenvalue weighted by atomic mass is 9.80. The normalized spacial score (nSPS) is 18.6. The highest BCUT2D eigenvalue weighted by Crippen LogP contribution is 2.47. The Morgan fingerprint density at radius 2 is 1.68 bits per heavy atom. The van der Waals surface area contributed by atoms with Crippen LogP contribution < -0.4 is 9.64 Å². The molecule has 0 saturated heterocycles. The van der Waals surface area contributed by atoms with Crippen LogP contribution >= 0.6 is 11.6 Å². The summed E-state index contributed by atoms with van der Waals surface area (Å²) in [7, 11) is 0. The van der Waals surface area contributed by atoms with Crippen molar-refractivity contribution in [3.8, 4) is 5.75 Å². The number of carbonyl (C=O) groups is 2. The number of esters is 2. The molecule has 3 aliphatic rings. The minimum Gasteiger partial charge on any atom is -0.456 e. The van der Waals surface area contributed by atoms with Crippen molar-refractivity contribution in [3.05, 3.63) is 130 Å². The van der Waals surface area contributed by atoms with Gasteiger partial charge < -0.3 is 19.1 Å². The highest BCUT2D eigenvalue weighted by atomic mass is 35.5. The number of allylic oxidation sites excluding steroid dienone is 5. The lowest BCUT2D eigenvalue weighted by Crippen LogP contribution is -2.29. The first-order chi connectivity index (χ1) is 26.6. The van der Waals surface area contributed by atoms with Crippen LogP contribution in [-0.2, 0) is 25.1 Å². The van der Waals surface area contributed by atoms with Crippen molar-refractivity contribution >= 4 is 40.6 Å². The minimum absolute atomic E-state index is 0.0447. The molecule has 3 aromatic rings. The third kappa shape index (κ3) is 8.81. The summed E-state index contributed by atoms with van der Waals surface area (Å²) < 4.78 is 19.4. The summed E-state index contributed by atoms with van der Waals surface area (Å²) >= 11 is 7.25. The van der Waals surface area contributed by atoms with Crippen LogP contribution in [0, 0.1) is 5.92 Å². The lowest BCUT2D eigenvalue weighted by molar-refractivity contribution is -0.433. The molecular formula is C48H56ClN2O5+. The molecule has 0 saturated carbocycles. The number of benzene rings is 3. The third-order valence-corrected chi connectivity index (χ3v) is 11.4. The Labute approximate surface area is 338 Å². The van der Waals surface area contributed by atoms with Crippen molar-refractivity contribution in [1.82, 2.24) is 0 Å². The molecular weight excluding hydrogens is 720 g/mol. The fourth-order valence-electron chi connectivity index (χ4n) is 8.05. The molecule has 2 heterocycles. The molecule has 7 nitrogen and oxygen atoms in total. The van der Waals surface area contributed by atoms with Crippen LogP contribution in [0.3, 0.4) is 0 Å². The van der Waals surface area contributed by atoms with Gasteiger partial charge in [-0.25, -0.2) is 4.79 Å². The number of hydrogen-bond acceptors (Lipinski definition) is 6. The van der Waals surface area contributed by atoms with Crippen LogP contribution in [0.1, 0.15) is 103 Å². The van der Waals surface area contributed by atoms with Crippen molar-refractivity contribution in [2.75, 3.05) is 31.2 Å². The molecule has 0 fully saturated rings. The van der Waals surface area contributed by atoms with Crippen LogP contribution in [0.25, 0.3) is 0 Å². The smallest absolute Gasteiger partial charge is 0.338 e. The second-order valence-electron chi connectivity index (χ2n) is 16.8. The second kappa shape index (κ2) is 16.8. The third-order valence-electron chi connectivity index (χ3n) is 10.9. The van der Waals surface area contributed by atoms with Crippen molar-refractivity contribution < 1.29 is 28.4 Å². The summed E-state index contributed by atoms with van der Waals surface area (Å²) in [5.74, 6) is -0.0428. The molecule has 294 valence electrons. The van der Waals surface area contributed by atoms with Gasteiger partial charge in [0, 0.05) is 46.3 Å². The molecule has 0 bridgehead atoms. The van der Waals surface area contributed by atoms with Crippen LogP contribution in [0.4, 0.5) is 11.4 Å². The van der Waals surface area contributed by atoms with Crippen molar-refractivity contribution in [3.63, 3.8) is 0 Å². The van der Waals surface area contributed by atoms with Crippen LogP contribution in [0.15, 0.2) is 113 Å². The van der Waals surface area contributed by atoms with E-state index in [9.17, 15) is 9.59 Å². The lowest BCUT2D eigenvalue weighted by Gasteiger charge is -2.26. The van der Waals surface area contributed by atoms with E-state index in [1.54, 1.807) is 12.1 Å². The molecule has 0 aromatic heterocycles. The van der Waals surface area contributed by atoms with Gasteiger partial charge in [-0.3, -0.25) is 4.79 Å². The fourth-order valence-corrected chi connectivity index (χ4v) is 8.38. The highest BCUT2D eigenvalue weighted by Gasteiger charge is 2.44.